The first kappa shape index (κ1) is 18.1. The number of rotatable bonds is 6. The molecule has 0 bridgehead atoms. The second-order valence-corrected chi connectivity index (χ2v) is 5.53. The minimum Gasteiger partial charge on any atom is -0.448 e. The zero-order valence-electron chi connectivity index (χ0n) is 14.1. The molecule has 1 amide bonds. The number of nitrogens with one attached hydrogen (secondary N) is 2. The highest BCUT2D eigenvalue weighted by atomic mass is 16.5. The molecular weight excluding hydrogens is 324 g/mol. The number of aromatic nitrogens is 1. The highest BCUT2D eigenvalue weighted by Crippen LogP contribution is 2.13. The van der Waals surface area contributed by atoms with Gasteiger partial charge in [0.1, 0.15) is 5.69 Å². The average molecular weight is 342 g/mol. The topological polar surface area (TPSA) is 105 Å². The summed E-state index contributed by atoms with van der Waals surface area (Å²) in [5.41, 5.74) is 1.33. The third kappa shape index (κ3) is 4.63. The molecule has 0 spiro atoms. The van der Waals surface area contributed by atoms with E-state index < -0.39 is 18.0 Å². The van der Waals surface area contributed by atoms with Crippen LogP contribution in [-0.2, 0) is 9.53 Å². The van der Waals surface area contributed by atoms with Crippen molar-refractivity contribution < 1.29 is 23.9 Å². The monoisotopic (exact) mass is 342 g/mol. The van der Waals surface area contributed by atoms with Crippen LogP contribution in [0.1, 0.15) is 52.0 Å². The fourth-order valence-corrected chi connectivity index (χ4v) is 2.05. The molecule has 130 valence electrons. The van der Waals surface area contributed by atoms with Gasteiger partial charge in [-0.25, -0.2) is 4.79 Å². The molecule has 2 rings (SSSR count). The highest BCUT2D eigenvalue weighted by molar-refractivity contribution is 6.00. The molecule has 1 aromatic heterocycles. The number of hydrogen-bond acceptors (Lipinski definition) is 5. The van der Waals surface area contributed by atoms with Gasteiger partial charge in [-0.15, -0.1) is 0 Å². The van der Waals surface area contributed by atoms with Crippen LogP contribution in [-0.4, -0.2) is 34.5 Å². The fraction of sp³-hybridized carbons (Fsp3) is 0.222. The predicted octanol–water partition coefficient (Wildman–Crippen LogP) is 2.60. The number of carbonyl (C=O) groups is 4. The van der Waals surface area contributed by atoms with Gasteiger partial charge in [0, 0.05) is 23.0 Å². The van der Waals surface area contributed by atoms with Crippen molar-refractivity contribution in [2.24, 2.45) is 0 Å². The second-order valence-electron chi connectivity index (χ2n) is 5.53. The summed E-state index contributed by atoms with van der Waals surface area (Å²) < 4.78 is 5.08. The maximum Gasteiger partial charge on any atom is 0.355 e. The molecule has 2 N–H and O–H groups in total. The van der Waals surface area contributed by atoms with Crippen LogP contribution in [0.15, 0.2) is 36.5 Å². The largest absolute Gasteiger partial charge is 0.448 e. The Hall–Kier alpha value is -3.22. The molecule has 7 nitrogen and oxygen atoms in total. The number of ether oxygens (including phenoxy) is 1. The quantitative estimate of drug-likeness (QED) is 0.620. The number of aromatic amines is 1. The smallest absolute Gasteiger partial charge is 0.355 e. The number of amides is 1. The zero-order valence-corrected chi connectivity index (χ0v) is 14.1. The van der Waals surface area contributed by atoms with Crippen LogP contribution in [0.25, 0.3) is 0 Å². The van der Waals surface area contributed by atoms with E-state index in [-0.39, 0.29) is 17.3 Å². The molecule has 1 atom stereocenters. The van der Waals surface area contributed by atoms with Crippen molar-refractivity contribution in [1.82, 2.24) is 4.98 Å². The third-order valence-corrected chi connectivity index (χ3v) is 3.50. The summed E-state index contributed by atoms with van der Waals surface area (Å²) in [5.74, 6) is -1.59. The minimum absolute atomic E-state index is 0.0865. The Morgan fingerprint density at radius 1 is 1.04 bits per heavy atom. The number of ketones is 2. The van der Waals surface area contributed by atoms with Crippen LogP contribution in [0.3, 0.4) is 0 Å². The lowest BCUT2D eigenvalue weighted by atomic mass is 10.1. The summed E-state index contributed by atoms with van der Waals surface area (Å²) in [6.45, 7) is 4.23. The minimum atomic E-state index is -1.06. The summed E-state index contributed by atoms with van der Waals surface area (Å²) in [7, 11) is 0. The fourth-order valence-electron chi connectivity index (χ4n) is 2.05. The van der Waals surface area contributed by atoms with Crippen molar-refractivity contribution in [3.8, 4) is 0 Å². The van der Waals surface area contributed by atoms with Crippen LogP contribution in [0.4, 0.5) is 5.69 Å². The molecule has 0 aliphatic carbocycles. The van der Waals surface area contributed by atoms with Gasteiger partial charge in [0.25, 0.3) is 5.91 Å². The molecule has 1 heterocycles. The van der Waals surface area contributed by atoms with Crippen LogP contribution in [0.5, 0.6) is 0 Å². The molecule has 0 saturated heterocycles. The molecule has 0 radical (unpaired) electrons. The maximum absolute atomic E-state index is 12.1. The van der Waals surface area contributed by atoms with Gasteiger partial charge in [0.15, 0.2) is 17.7 Å². The number of carbonyl (C=O) groups excluding carboxylic acids is 4. The average Bonchev–Trinajstić information content (AvgIpc) is 3.05. The highest BCUT2D eigenvalue weighted by Gasteiger charge is 2.20. The maximum atomic E-state index is 12.1. The van der Waals surface area contributed by atoms with Crippen molar-refractivity contribution in [2.75, 3.05) is 5.32 Å². The number of benzene rings is 1. The van der Waals surface area contributed by atoms with Crippen molar-refractivity contribution in [3.63, 3.8) is 0 Å². The van der Waals surface area contributed by atoms with Crippen molar-refractivity contribution in [2.45, 2.75) is 26.9 Å². The Kier molecular flexibility index (Phi) is 5.49. The number of hydrogen-bond donors (Lipinski definition) is 2. The number of H-pyrrole nitrogens is 1. The molecular formula is C18H18N2O5. The van der Waals surface area contributed by atoms with E-state index in [1.54, 1.807) is 24.3 Å². The molecule has 25 heavy (non-hydrogen) atoms. The van der Waals surface area contributed by atoms with E-state index in [1.807, 2.05) is 0 Å². The SMILES string of the molecule is CC(=O)c1cccc(NC(=O)[C@H](C)OC(=O)c2cc(C(C)=O)c[nH]2)c1. The number of esters is 1. The van der Waals surface area contributed by atoms with Crippen LogP contribution < -0.4 is 5.32 Å². The van der Waals surface area contributed by atoms with Crippen molar-refractivity contribution in [3.05, 3.63) is 53.3 Å². The normalized spacial score (nSPS) is 11.5. The van der Waals surface area contributed by atoms with Gasteiger partial charge in [-0.3, -0.25) is 14.4 Å². The zero-order chi connectivity index (χ0) is 18.6. The first-order valence-electron chi connectivity index (χ1n) is 7.60. The van der Waals surface area contributed by atoms with Crippen LogP contribution in [0.2, 0.25) is 0 Å². The first-order valence-corrected chi connectivity index (χ1v) is 7.60. The molecule has 0 aliphatic heterocycles. The van der Waals surface area contributed by atoms with Crippen LogP contribution in [0, 0.1) is 0 Å². The summed E-state index contributed by atoms with van der Waals surface area (Å²) in [5, 5.41) is 2.58. The molecule has 0 aliphatic rings. The van der Waals surface area contributed by atoms with E-state index in [0.29, 0.717) is 16.8 Å². The first-order chi connectivity index (χ1) is 11.8. The van der Waals surface area contributed by atoms with Gasteiger partial charge >= 0.3 is 5.97 Å². The van der Waals surface area contributed by atoms with E-state index >= 15 is 0 Å². The molecule has 0 fully saturated rings. The Morgan fingerprint density at radius 3 is 2.32 bits per heavy atom. The Bertz CT molecular complexity index is 837. The Labute approximate surface area is 144 Å². The molecule has 1 aromatic carbocycles. The summed E-state index contributed by atoms with van der Waals surface area (Å²) >= 11 is 0. The van der Waals surface area contributed by atoms with E-state index in [9.17, 15) is 19.2 Å². The van der Waals surface area contributed by atoms with Gasteiger partial charge < -0.3 is 15.0 Å². The lowest BCUT2D eigenvalue weighted by Gasteiger charge is -2.13. The molecule has 2 aromatic rings. The number of Topliss-reactive ketones (excluding diaryl/α,β-unsaturated/α-hetero) is 2. The van der Waals surface area contributed by atoms with Gasteiger partial charge in [-0.2, -0.15) is 0 Å². The molecule has 7 heteroatoms. The van der Waals surface area contributed by atoms with E-state index in [0.717, 1.165) is 0 Å². The van der Waals surface area contributed by atoms with Gasteiger partial charge in [-0.05, 0) is 39.0 Å². The van der Waals surface area contributed by atoms with E-state index in [4.69, 9.17) is 4.74 Å². The van der Waals surface area contributed by atoms with Gasteiger partial charge in [0.05, 0.1) is 0 Å². The second kappa shape index (κ2) is 7.57. The summed E-state index contributed by atoms with van der Waals surface area (Å²) in [4.78, 5) is 49.4. The third-order valence-electron chi connectivity index (χ3n) is 3.50. The Morgan fingerprint density at radius 2 is 1.72 bits per heavy atom. The van der Waals surface area contributed by atoms with E-state index in [2.05, 4.69) is 10.3 Å². The summed E-state index contributed by atoms with van der Waals surface area (Å²) in [6, 6.07) is 7.82. The molecule has 0 saturated carbocycles. The Balaban J connectivity index is 1.99. The lowest BCUT2D eigenvalue weighted by molar-refractivity contribution is -0.123. The lowest BCUT2D eigenvalue weighted by Crippen LogP contribution is -2.30. The number of anilines is 1. The van der Waals surface area contributed by atoms with Gasteiger partial charge in [-0.1, -0.05) is 12.1 Å². The van der Waals surface area contributed by atoms with Crippen molar-refractivity contribution in [1.29, 1.82) is 0 Å². The van der Waals surface area contributed by atoms with Crippen molar-refractivity contribution >= 4 is 29.1 Å². The van der Waals surface area contributed by atoms with Gasteiger partial charge in [0.2, 0.25) is 0 Å². The van der Waals surface area contributed by atoms with E-state index in [1.165, 1.54) is 33.0 Å². The predicted molar refractivity (Wildman–Crippen MR) is 90.8 cm³/mol. The standard InChI is InChI=1S/C18H18N2O5/c1-10(21)13-5-4-6-15(7-13)20-17(23)12(3)25-18(24)16-8-14(9-19-16)11(2)22/h4-9,12,19H,1-3H3,(H,20,23)/t12-/m0/s1. The van der Waals surface area contributed by atoms with Crippen LogP contribution >= 0.6 is 0 Å². The summed E-state index contributed by atoms with van der Waals surface area (Å²) in [6.07, 6.45) is 0.342. The molecule has 0 unspecified atom stereocenters.